The lowest BCUT2D eigenvalue weighted by Crippen LogP contribution is -2.61. The Morgan fingerprint density at radius 3 is 2.45 bits per heavy atom. The molecule has 5 N–H and O–H groups in total. The Bertz CT molecular complexity index is 942. The number of aliphatic hydroxyl groups is 3. The molecule has 0 radical (unpaired) electrons. The monoisotopic (exact) mass is 472 g/mol. The van der Waals surface area contributed by atoms with E-state index in [-0.39, 0.29) is 17.8 Å². The van der Waals surface area contributed by atoms with Crippen LogP contribution >= 0.6 is 0 Å². The highest BCUT2D eigenvalue weighted by Gasteiger charge is 2.48. The van der Waals surface area contributed by atoms with Crippen LogP contribution in [0.4, 0.5) is 20.6 Å². The predicted molar refractivity (Wildman–Crippen MR) is 108 cm³/mol. The Kier molecular flexibility index (Phi) is 7.07. The SMILES string of the molecule is CC[C@H]1C(=O)Nc2cc(F)c(O[C@@H]3O[C@H](C(=O)O)[C@@H](O)[C@H](O)[C@H]3O)cc2N1C(=O)OC(C)C. The van der Waals surface area contributed by atoms with Gasteiger partial charge < -0.3 is 40.0 Å². The van der Waals surface area contributed by atoms with E-state index in [4.69, 9.17) is 19.3 Å². The highest BCUT2D eigenvalue weighted by Crippen LogP contribution is 2.39. The molecule has 2 amide bonds. The lowest BCUT2D eigenvalue weighted by atomic mass is 9.99. The molecular formula is C20H25FN2O10. The summed E-state index contributed by atoms with van der Waals surface area (Å²) in [6, 6.07) is 0.962. The maximum absolute atomic E-state index is 14.8. The maximum Gasteiger partial charge on any atom is 0.415 e. The number of aliphatic hydroxyl groups excluding tert-OH is 3. The normalized spacial score (nSPS) is 29.3. The molecule has 2 heterocycles. The first kappa shape index (κ1) is 24.6. The highest BCUT2D eigenvalue weighted by molar-refractivity contribution is 6.10. The van der Waals surface area contributed by atoms with Gasteiger partial charge in [-0.05, 0) is 20.3 Å². The third-order valence-electron chi connectivity index (χ3n) is 5.16. The number of aliphatic carboxylic acids is 1. The average Bonchev–Trinajstić information content (AvgIpc) is 2.73. The molecule has 2 aliphatic rings. The summed E-state index contributed by atoms with van der Waals surface area (Å²) in [4.78, 5) is 37.5. The molecule has 2 aliphatic heterocycles. The summed E-state index contributed by atoms with van der Waals surface area (Å²) in [7, 11) is 0. The third-order valence-corrected chi connectivity index (χ3v) is 5.16. The Morgan fingerprint density at radius 2 is 1.88 bits per heavy atom. The molecule has 0 bridgehead atoms. The molecular weight excluding hydrogens is 447 g/mol. The minimum absolute atomic E-state index is 0.0316. The topological polar surface area (TPSA) is 175 Å². The Hall–Kier alpha value is -3.00. The van der Waals surface area contributed by atoms with Crippen LogP contribution in [-0.2, 0) is 19.1 Å². The smallest absolute Gasteiger partial charge is 0.415 e. The number of rotatable bonds is 5. The van der Waals surface area contributed by atoms with Crippen molar-refractivity contribution in [2.24, 2.45) is 0 Å². The maximum atomic E-state index is 14.8. The largest absolute Gasteiger partial charge is 0.479 e. The van der Waals surface area contributed by atoms with Crippen LogP contribution in [-0.4, -0.2) is 81.2 Å². The van der Waals surface area contributed by atoms with Crippen molar-refractivity contribution in [2.45, 2.75) is 70.0 Å². The third kappa shape index (κ3) is 4.71. The van der Waals surface area contributed by atoms with Gasteiger partial charge in [0.2, 0.25) is 12.2 Å². The number of amides is 2. The zero-order valence-corrected chi connectivity index (χ0v) is 18.0. The zero-order chi connectivity index (χ0) is 24.6. The number of hydrogen-bond donors (Lipinski definition) is 5. The molecule has 1 fully saturated rings. The van der Waals surface area contributed by atoms with Crippen LogP contribution in [0.2, 0.25) is 0 Å². The lowest BCUT2D eigenvalue weighted by molar-refractivity contribution is -0.271. The van der Waals surface area contributed by atoms with Crippen LogP contribution < -0.4 is 15.0 Å². The second-order valence-electron chi connectivity index (χ2n) is 7.87. The number of ether oxygens (including phenoxy) is 3. The summed E-state index contributed by atoms with van der Waals surface area (Å²) in [5.41, 5.74) is -0.0107. The van der Waals surface area contributed by atoms with Gasteiger partial charge in [-0.2, -0.15) is 0 Å². The van der Waals surface area contributed by atoms with Crippen LogP contribution in [0.15, 0.2) is 12.1 Å². The molecule has 0 saturated carbocycles. The van der Waals surface area contributed by atoms with Crippen molar-refractivity contribution in [1.29, 1.82) is 0 Å². The Labute approximate surface area is 187 Å². The van der Waals surface area contributed by atoms with Crippen molar-refractivity contribution < 1.29 is 53.4 Å². The molecule has 3 rings (SSSR count). The standard InChI is InChI=1S/C20H25FN2O10/c1-4-10-17(27)22-9-5-8(21)12(6-11(9)23(10)20(30)31-7(2)3)32-19-15(26)13(24)14(25)16(33-19)18(28)29/h5-7,10,13-16,19,24-26H,4H2,1-3H3,(H,22,27)(H,28,29)/t10-,13-,14-,15+,16-,19+/m0/s1. The fourth-order valence-electron chi connectivity index (χ4n) is 3.56. The molecule has 1 aromatic carbocycles. The molecule has 6 atom stereocenters. The van der Waals surface area contributed by atoms with Crippen LogP contribution in [0.1, 0.15) is 27.2 Å². The molecule has 182 valence electrons. The molecule has 1 aromatic rings. The molecule has 0 aromatic heterocycles. The van der Waals surface area contributed by atoms with Crippen molar-refractivity contribution in [3.8, 4) is 5.75 Å². The first-order chi connectivity index (χ1) is 15.5. The number of nitrogens with zero attached hydrogens (tertiary/aromatic N) is 1. The number of hydrogen-bond acceptors (Lipinski definition) is 9. The number of carbonyl (C=O) groups excluding carboxylic acids is 2. The number of carboxylic acids is 1. The molecule has 0 aliphatic carbocycles. The van der Waals surface area contributed by atoms with E-state index in [0.717, 1.165) is 17.0 Å². The van der Waals surface area contributed by atoms with Crippen molar-refractivity contribution in [2.75, 3.05) is 10.2 Å². The van der Waals surface area contributed by atoms with Crippen molar-refractivity contribution in [3.05, 3.63) is 17.9 Å². The van der Waals surface area contributed by atoms with Gasteiger partial charge in [-0.1, -0.05) is 6.92 Å². The van der Waals surface area contributed by atoms with Gasteiger partial charge in [0.25, 0.3) is 0 Å². The van der Waals surface area contributed by atoms with Gasteiger partial charge >= 0.3 is 12.1 Å². The summed E-state index contributed by atoms with van der Waals surface area (Å²) in [6.45, 7) is 4.89. The highest BCUT2D eigenvalue weighted by atomic mass is 19.1. The zero-order valence-electron chi connectivity index (χ0n) is 18.0. The molecule has 33 heavy (non-hydrogen) atoms. The second kappa shape index (κ2) is 9.47. The van der Waals surface area contributed by atoms with E-state index in [1.54, 1.807) is 20.8 Å². The van der Waals surface area contributed by atoms with Crippen LogP contribution in [0.5, 0.6) is 5.75 Å². The van der Waals surface area contributed by atoms with Crippen molar-refractivity contribution in [3.63, 3.8) is 0 Å². The van der Waals surface area contributed by atoms with Crippen LogP contribution in [0, 0.1) is 5.82 Å². The van der Waals surface area contributed by atoms with Crippen molar-refractivity contribution in [1.82, 2.24) is 0 Å². The van der Waals surface area contributed by atoms with Gasteiger partial charge in [0, 0.05) is 12.1 Å². The number of carbonyl (C=O) groups is 3. The van der Waals surface area contributed by atoms with Gasteiger partial charge in [-0.15, -0.1) is 0 Å². The van der Waals surface area contributed by atoms with Crippen LogP contribution in [0.3, 0.4) is 0 Å². The van der Waals surface area contributed by atoms with Gasteiger partial charge in [0.15, 0.2) is 17.7 Å². The first-order valence-corrected chi connectivity index (χ1v) is 10.2. The van der Waals surface area contributed by atoms with Gasteiger partial charge in [-0.25, -0.2) is 14.0 Å². The number of fused-ring (bicyclic) bond motifs is 1. The van der Waals surface area contributed by atoms with E-state index < -0.39 is 72.4 Å². The summed E-state index contributed by atoms with van der Waals surface area (Å²) in [5, 5.41) is 41.5. The fraction of sp³-hybridized carbons (Fsp3) is 0.550. The summed E-state index contributed by atoms with van der Waals surface area (Å²) < 4.78 is 30.3. The van der Waals surface area contributed by atoms with E-state index >= 15 is 0 Å². The van der Waals surface area contributed by atoms with Crippen LogP contribution in [0.25, 0.3) is 0 Å². The predicted octanol–water partition coefficient (Wildman–Crippen LogP) is 0.179. The summed E-state index contributed by atoms with van der Waals surface area (Å²) in [6.07, 6.45) is -10.8. The minimum atomic E-state index is -1.95. The molecule has 13 heteroatoms. The van der Waals surface area contributed by atoms with Crippen molar-refractivity contribution >= 4 is 29.3 Å². The second-order valence-corrected chi connectivity index (χ2v) is 7.87. The molecule has 12 nitrogen and oxygen atoms in total. The number of halogens is 1. The van der Waals surface area contributed by atoms with Gasteiger partial charge in [-0.3, -0.25) is 9.69 Å². The quantitative estimate of drug-likeness (QED) is 0.397. The number of nitrogens with one attached hydrogen (secondary N) is 1. The van der Waals surface area contributed by atoms with E-state index in [0.29, 0.717) is 0 Å². The number of carboxylic acid groups (broad SMARTS) is 1. The molecule has 0 unspecified atom stereocenters. The number of anilines is 2. The molecule has 0 spiro atoms. The lowest BCUT2D eigenvalue weighted by Gasteiger charge is -2.39. The fourth-order valence-corrected chi connectivity index (χ4v) is 3.56. The molecule has 1 saturated heterocycles. The first-order valence-electron chi connectivity index (χ1n) is 10.2. The Balaban J connectivity index is 1.98. The summed E-state index contributed by atoms with van der Waals surface area (Å²) in [5.74, 6) is -3.79. The number of benzene rings is 1. The van der Waals surface area contributed by atoms with E-state index in [2.05, 4.69) is 5.32 Å². The van der Waals surface area contributed by atoms with E-state index in [1.807, 2.05) is 0 Å². The Morgan fingerprint density at radius 1 is 1.21 bits per heavy atom. The van der Waals surface area contributed by atoms with E-state index in [1.165, 1.54) is 0 Å². The van der Waals surface area contributed by atoms with Gasteiger partial charge in [0.1, 0.15) is 24.4 Å². The average molecular weight is 472 g/mol. The van der Waals surface area contributed by atoms with E-state index in [9.17, 15) is 34.1 Å². The van der Waals surface area contributed by atoms with Gasteiger partial charge in [0.05, 0.1) is 17.5 Å². The summed E-state index contributed by atoms with van der Waals surface area (Å²) >= 11 is 0. The minimum Gasteiger partial charge on any atom is -0.479 e.